The highest BCUT2D eigenvalue weighted by Gasteiger charge is 2.31. The van der Waals surface area contributed by atoms with E-state index in [2.05, 4.69) is 44.9 Å². The highest BCUT2D eigenvalue weighted by atomic mass is 16.2. The number of likely N-dealkylation sites (tertiary alicyclic amines) is 1. The van der Waals surface area contributed by atoms with Crippen molar-refractivity contribution in [2.45, 2.75) is 50.7 Å². The van der Waals surface area contributed by atoms with Gasteiger partial charge in [-0.05, 0) is 55.0 Å². The fourth-order valence-electron chi connectivity index (χ4n) is 4.66. The molecule has 2 aliphatic heterocycles. The number of amides is 2. The Hall–Kier alpha value is -3.60. The van der Waals surface area contributed by atoms with Gasteiger partial charge < -0.3 is 20.5 Å². The topological polar surface area (TPSA) is 113 Å². The lowest BCUT2D eigenvalue weighted by Gasteiger charge is -2.32. The van der Waals surface area contributed by atoms with Crippen LogP contribution in [0.3, 0.4) is 0 Å². The van der Waals surface area contributed by atoms with Crippen molar-refractivity contribution in [3.8, 4) is 6.07 Å². The number of anilines is 1. The molecule has 0 bridgehead atoms. The minimum atomic E-state index is -0.244. The van der Waals surface area contributed by atoms with Crippen LogP contribution in [0.4, 0.5) is 5.69 Å². The molecule has 1 atom stereocenters. The average Bonchev–Trinajstić information content (AvgIpc) is 3.58. The van der Waals surface area contributed by atoms with Gasteiger partial charge >= 0.3 is 0 Å². The number of fused-ring (bicyclic) bond motifs is 1. The van der Waals surface area contributed by atoms with Crippen molar-refractivity contribution < 1.29 is 9.59 Å². The molecule has 1 saturated heterocycles. The molecule has 5 rings (SSSR count). The first kappa shape index (κ1) is 21.3. The van der Waals surface area contributed by atoms with Crippen molar-refractivity contribution in [1.82, 2.24) is 15.2 Å². The van der Waals surface area contributed by atoms with Gasteiger partial charge in [-0.3, -0.25) is 9.59 Å². The number of nitrogens with one attached hydrogen (secondary N) is 3. The standard InChI is InChI=1S/C25H28N6O2/c26-11-7-23(32)31-13-9-19(10-14-31)28-18-5-3-16(4-6-18)21-15-22(30-25(33)17-1-2-17)29-24-20(21)8-12-27-24/h3-6,8,12,17,19,22,28H,1-2,7,9-10,13-15H2,(H,27,29)(H,30,33). The Kier molecular flexibility index (Phi) is 5.86. The van der Waals surface area contributed by atoms with Gasteiger partial charge in [-0.2, -0.15) is 5.26 Å². The van der Waals surface area contributed by atoms with Crippen LogP contribution in [-0.2, 0) is 9.59 Å². The number of hydrogen-bond donors (Lipinski definition) is 3. The third-order valence-electron chi connectivity index (χ3n) is 6.67. The van der Waals surface area contributed by atoms with Gasteiger partial charge in [0.2, 0.25) is 11.8 Å². The minimum absolute atomic E-state index is 0.0420. The summed E-state index contributed by atoms with van der Waals surface area (Å²) in [5, 5.41) is 16.5. The summed E-state index contributed by atoms with van der Waals surface area (Å²) in [7, 11) is 0. The minimum Gasteiger partial charge on any atom is -0.382 e. The number of aromatic amines is 1. The Balaban J connectivity index is 1.24. The van der Waals surface area contributed by atoms with Crippen LogP contribution in [0.25, 0.3) is 5.57 Å². The van der Waals surface area contributed by atoms with E-state index in [-0.39, 0.29) is 30.3 Å². The summed E-state index contributed by atoms with van der Waals surface area (Å²) < 4.78 is 0. The molecule has 8 nitrogen and oxygen atoms in total. The number of aromatic nitrogens is 1. The lowest BCUT2D eigenvalue weighted by Crippen LogP contribution is -2.42. The highest BCUT2D eigenvalue weighted by Crippen LogP contribution is 2.29. The summed E-state index contributed by atoms with van der Waals surface area (Å²) >= 11 is 0. The first-order valence-corrected chi connectivity index (χ1v) is 11.7. The van der Waals surface area contributed by atoms with Crippen LogP contribution >= 0.6 is 0 Å². The molecular weight excluding hydrogens is 416 g/mol. The van der Waals surface area contributed by atoms with Crippen LogP contribution in [0, 0.1) is 17.2 Å². The molecule has 8 heteroatoms. The van der Waals surface area contributed by atoms with Gasteiger partial charge in [-0.1, -0.05) is 12.1 Å². The van der Waals surface area contributed by atoms with Crippen LogP contribution in [0.5, 0.6) is 0 Å². The van der Waals surface area contributed by atoms with Crippen molar-refractivity contribution in [2.75, 3.05) is 18.4 Å². The molecule has 1 aliphatic carbocycles. The predicted octanol–water partition coefficient (Wildman–Crippen LogP) is 1.41. The maximum atomic E-state index is 12.3. The van der Waals surface area contributed by atoms with E-state index in [1.165, 1.54) is 5.57 Å². The van der Waals surface area contributed by atoms with E-state index in [9.17, 15) is 9.59 Å². The van der Waals surface area contributed by atoms with Crippen molar-refractivity contribution in [3.63, 3.8) is 0 Å². The second-order valence-corrected chi connectivity index (χ2v) is 9.06. The average molecular weight is 445 g/mol. The fourth-order valence-corrected chi connectivity index (χ4v) is 4.66. The number of carbonyl (C=O) groups is 2. The second kappa shape index (κ2) is 9.10. The van der Waals surface area contributed by atoms with Gasteiger partial charge in [0.1, 0.15) is 18.1 Å². The molecule has 0 radical (unpaired) electrons. The zero-order valence-electron chi connectivity index (χ0n) is 18.5. The highest BCUT2D eigenvalue weighted by molar-refractivity contribution is 5.81. The maximum absolute atomic E-state index is 12.3. The molecule has 1 unspecified atom stereocenters. The van der Waals surface area contributed by atoms with E-state index >= 15 is 0 Å². The Morgan fingerprint density at radius 3 is 2.58 bits per heavy atom. The maximum Gasteiger partial charge on any atom is 0.236 e. The quantitative estimate of drug-likeness (QED) is 0.625. The van der Waals surface area contributed by atoms with Gasteiger partial charge in [0, 0.05) is 48.6 Å². The number of benzene rings is 1. The number of nitrogens with zero attached hydrogens (tertiary/aromatic N) is 3. The zero-order chi connectivity index (χ0) is 22.8. The number of H-pyrrole nitrogens is 1. The molecule has 1 saturated carbocycles. The normalized spacial score (nSPS) is 20.4. The van der Waals surface area contributed by atoms with Crippen molar-refractivity contribution in [3.05, 3.63) is 52.8 Å². The Bertz CT molecular complexity index is 1200. The number of nitriles is 1. The lowest BCUT2D eigenvalue weighted by atomic mass is 9.97. The molecule has 170 valence electrons. The van der Waals surface area contributed by atoms with Gasteiger partial charge in [0.25, 0.3) is 0 Å². The van der Waals surface area contributed by atoms with Crippen LogP contribution in [0.2, 0.25) is 0 Å². The number of rotatable bonds is 6. The summed E-state index contributed by atoms with van der Waals surface area (Å²) in [6.45, 7) is 1.36. The zero-order valence-corrected chi connectivity index (χ0v) is 18.5. The van der Waals surface area contributed by atoms with Crippen LogP contribution < -0.4 is 21.3 Å². The Morgan fingerprint density at radius 1 is 1.12 bits per heavy atom. The molecule has 3 N–H and O–H groups in total. The molecule has 3 aliphatic rings. The Morgan fingerprint density at radius 2 is 1.88 bits per heavy atom. The lowest BCUT2D eigenvalue weighted by molar-refractivity contribution is -0.131. The Labute approximate surface area is 192 Å². The predicted molar refractivity (Wildman–Crippen MR) is 123 cm³/mol. The molecule has 2 amide bonds. The molecule has 1 aromatic carbocycles. The van der Waals surface area contributed by atoms with Crippen LogP contribution in [0.15, 0.2) is 41.5 Å². The van der Waals surface area contributed by atoms with Crippen molar-refractivity contribution >= 4 is 23.1 Å². The van der Waals surface area contributed by atoms with E-state index in [0.29, 0.717) is 25.6 Å². The molecular formula is C25H28N6O2. The third kappa shape index (κ3) is 4.77. The summed E-state index contributed by atoms with van der Waals surface area (Å²) in [6, 6.07) is 12.7. The van der Waals surface area contributed by atoms with Gasteiger partial charge in [0.15, 0.2) is 0 Å². The molecule has 3 heterocycles. The summed E-state index contributed by atoms with van der Waals surface area (Å²) in [5.74, 6) is 0.195. The van der Waals surface area contributed by atoms with Gasteiger partial charge in [0.05, 0.1) is 6.07 Å². The molecule has 0 spiro atoms. The molecule has 33 heavy (non-hydrogen) atoms. The number of hydrogen-bond acceptors (Lipinski definition) is 5. The smallest absolute Gasteiger partial charge is 0.236 e. The first-order valence-electron chi connectivity index (χ1n) is 11.7. The number of piperidine rings is 1. The van der Waals surface area contributed by atoms with Gasteiger partial charge in [-0.25, -0.2) is 4.99 Å². The summed E-state index contributed by atoms with van der Waals surface area (Å²) in [6.07, 6.45) is 5.97. The number of carbonyl (C=O) groups excluding carboxylic acids is 2. The van der Waals surface area contributed by atoms with Gasteiger partial charge in [-0.15, -0.1) is 0 Å². The van der Waals surface area contributed by atoms with Crippen LogP contribution in [-0.4, -0.2) is 47.0 Å². The van der Waals surface area contributed by atoms with E-state index in [4.69, 9.17) is 5.26 Å². The fraction of sp³-hybridized carbons (Fsp3) is 0.440. The monoisotopic (exact) mass is 444 g/mol. The molecule has 1 aromatic heterocycles. The van der Waals surface area contributed by atoms with E-state index < -0.39 is 0 Å². The third-order valence-corrected chi connectivity index (χ3v) is 6.67. The molecule has 2 fully saturated rings. The van der Waals surface area contributed by atoms with E-state index in [0.717, 1.165) is 47.6 Å². The summed E-state index contributed by atoms with van der Waals surface area (Å²) in [5.41, 5.74) is 4.17. The SMILES string of the molecule is N#CCC(=O)N1CCC(Nc2ccc(C3=c4cc[nH]c4=NC(NC(=O)C4CC4)C3)cc2)CC1. The largest absolute Gasteiger partial charge is 0.382 e. The summed E-state index contributed by atoms with van der Waals surface area (Å²) in [4.78, 5) is 33.8. The van der Waals surface area contributed by atoms with Crippen LogP contribution in [0.1, 0.15) is 44.1 Å². The first-order chi connectivity index (χ1) is 16.1. The van der Waals surface area contributed by atoms with Crippen molar-refractivity contribution in [1.29, 1.82) is 5.26 Å². The van der Waals surface area contributed by atoms with E-state index in [1.54, 1.807) is 4.90 Å². The second-order valence-electron chi connectivity index (χ2n) is 9.06. The molecule has 2 aromatic rings. The van der Waals surface area contributed by atoms with Crippen molar-refractivity contribution in [2.24, 2.45) is 10.9 Å². The van der Waals surface area contributed by atoms with E-state index in [1.807, 2.05) is 18.3 Å².